The zero-order valence-electron chi connectivity index (χ0n) is 31.8. The molecule has 0 saturated heterocycles. The van der Waals surface area contributed by atoms with Gasteiger partial charge in [0.25, 0.3) is 0 Å². The Morgan fingerprint density at radius 1 is 0.857 bits per heavy atom. The zero-order chi connectivity index (χ0) is 35.9. The minimum absolute atomic E-state index is 0.0240. The van der Waals surface area contributed by atoms with Gasteiger partial charge < -0.3 is 19.9 Å². The van der Waals surface area contributed by atoms with E-state index in [1.807, 2.05) is 0 Å². The molecule has 0 aromatic heterocycles. The number of amides is 1. The number of alkyl carbamates (subject to hydrolysis) is 1. The van der Waals surface area contributed by atoms with Crippen LogP contribution in [0.3, 0.4) is 0 Å². The summed E-state index contributed by atoms with van der Waals surface area (Å²) >= 11 is 0. The second kappa shape index (κ2) is 12.1. The molecule has 0 heterocycles. The minimum atomic E-state index is -1.16. The molecule has 0 bridgehead atoms. The number of ether oxygens (including phenoxy) is 2. The number of rotatable bonds is 7. The molecule has 0 aliphatic heterocycles. The summed E-state index contributed by atoms with van der Waals surface area (Å²) in [5.41, 5.74) is 0.191. The number of carbonyl (C=O) groups excluding carboxylic acids is 3. The van der Waals surface area contributed by atoms with Crippen molar-refractivity contribution in [3.63, 3.8) is 0 Å². The van der Waals surface area contributed by atoms with Gasteiger partial charge in [-0.2, -0.15) is 0 Å². The van der Waals surface area contributed by atoms with Crippen molar-refractivity contribution in [2.45, 2.75) is 170 Å². The third-order valence-corrected chi connectivity index (χ3v) is 15.7. The quantitative estimate of drug-likeness (QED) is 0.258. The largest absolute Gasteiger partial charge is 0.481 e. The lowest BCUT2D eigenvalue weighted by Gasteiger charge is -2.72. The molecule has 8 atom stereocenters. The molecule has 6 rings (SSSR count). The van der Waals surface area contributed by atoms with Gasteiger partial charge in [-0.15, -0.1) is 0 Å². The number of nitrogens with one attached hydrogen (secondary N) is 1. The molecular formula is C41H63NO7. The number of fused-ring (bicyclic) bond motifs is 7. The average molecular weight is 682 g/mol. The third-order valence-electron chi connectivity index (χ3n) is 15.7. The lowest BCUT2D eigenvalue weighted by atomic mass is 9.33. The van der Waals surface area contributed by atoms with Crippen LogP contribution in [0.1, 0.15) is 152 Å². The topological polar surface area (TPSA) is 119 Å². The Kier molecular flexibility index (Phi) is 9.00. The minimum Gasteiger partial charge on any atom is -0.481 e. The Hall–Kier alpha value is -2.38. The highest BCUT2D eigenvalue weighted by Gasteiger charge is 2.70. The maximum Gasteiger partial charge on any atom is 0.408 e. The summed E-state index contributed by atoms with van der Waals surface area (Å²) in [6.07, 6.45) is 11.3. The van der Waals surface area contributed by atoms with Gasteiger partial charge in [-0.25, -0.2) is 4.79 Å². The van der Waals surface area contributed by atoms with Crippen molar-refractivity contribution < 1.29 is 33.8 Å². The van der Waals surface area contributed by atoms with Gasteiger partial charge in [-0.1, -0.05) is 48.5 Å². The van der Waals surface area contributed by atoms with E-state index in [1.165, 1.54) is 5.57 Å². The number of hydrogen-bond donors (Lipinski definition) is 2. The number of hydrogen-bond acceptors (Lipinski definition) is 6. The number of aliphatic carboxylic acids is 1. The van der Waals surface area contributed by atoms with Crippen molar-refractivity contribution in [2.75, 3.05) is 0 Å². The first-order chi connectivity index (χ1) is 22.7. The summed E-state index contributed by atoms with van der Waals surface area (Å²) in [6.45, 7) is 19.5. The highest BCUT2D eigenvalue weighted by atomic mass is 16.6. The average Bonchev–Trinajstić information content (AvgIpc) is 3.59. The first-order valence-corrected chi connectivity index (χ1v) is 19.4. The first kappa shape index (κ1) is 36.4. The van der Waals surface area contributed by atoms with Crippen LogP contribution in [0.2, 0.25) is 0 Å². The molecule has 2 N–H and O–H groups in total. The van der Waals surface area contributed by atoms with Crippen molar-refractivity contribution in [2.24, 2.45) is 50.7 Å². The van der Waals surface area contributed by atoms with Crippen LogP contribution in [0.4, 0.5) is 4.79 Å². The zero-order valence-corrected chi connectivity index (χ0v) is 31.8. The highest BCUT2D eigenvalue weighted by Crippen LogP contribution is 2.76. The molecule has 0 radical (unpaired) electrons. The first-order valence-electron chi connectivity index (χ1n) is 19.4. The second-order valence-electron chi connectivity index (χ2n) is 19.4. The monoisotopic (exact) mass is 681 g/mol. The van der Waals surface area contributed by atoms with Crippen molar-refractivity contribution in [3.8, 4) is 0 Å². The van der Waals surface area contributed by atoms with Gasteiger partial charge in [-0.05, 0) is 142 Å². The molecule has 6 aliphatic carbocycles. The van der Waals surface area contributed by atoms with E-state index in [0.717, 1.165) is 82.6 Å². The summed E-state index contributed by atoms with van der Waals surface area (Å²) < 4.78 is 12.1. The van der Waals surface area contributed by atoms with Gasteiger partial charge in [0, 0.05) is 11.8 Å². The van der Waals surface area contributed by atoms with Crippen LogP contribution in [-0.4, -0.2) is 46.7 Å². The van der Waals surface area contributed by atoms with E-state index < -0.39 is 22.9 Å². The standard InChI is InChI=1S/C41H63NO7/c1-24(2)32-27(43)22-41(42-35(47)48-25-12-10-11-13-25)21-20-39(8)26(33(32)41)14-15-29-38(7)18-17-30(49-31(44)23-36(3,4)34(45)46)37(5,6)28(38)16-19-40(29,39)9/h24-26,28-30H,10-23H2,1-9H3,(H,42,47)(H,45,46)/t26?,28?,29?,30-,38-,39+,40+,41+/m0/s1. The van der Waals surface area contributed by atoms with Crippen LogP contribution in [0.25, 0.3) is 0 Å². The Balaban J connectivity index is 1.27. The van der Waals surface area contributed by atoms with E-state index in [-0.39, 0.29) is 64.0 Å². The maximum absolute atomic E-state index is 13.9. The predicted octanol–water partition coefficient (Wildman–Crippen LogP) is 8.80. The number of Topliss-reactive ketones (excluding diaryl/α,β-unsaturated/α-hetero) is 1. The Bertz CT molecular complexity index is 1420. The van der Waals surface area contributed by atoms with Crippen LogP contribution in [0.5, 0.6) is 0 Å². The SMILES string of the molecule is CC(C)C1=C2C3CCC4[C@@]5(C)CC[C@H](OC(=O)CC(C)(C)C(=O)O)C(C)(C)C5CC[C@@]4(C)[C@]3(C)CC[C@@]2(NC(=O)OC2CCCC2)CC1=O. The second-order valence-corrected chi connectivity index (χ2v) is 19.4. The molecule has 0 aromatic rings. The van der Waals surface area contributed by atoms with Gasteiger partial charge in [0.1, 0.15) is 12.2 Å². The number of ketones is 1. The lowest BCUT2D eigenvalue weighted by molar-refractivity contribution is -0.232. The van der Waals surface area contributed by atoms with Gasteiger partial charge >= 0.3 is 18.0 Å². The van der Waals surface area contributed by atoms with Crippen LogP contribution in [-0.2, 0) is 23.9 Å². The molecule has 0 aromatic carbocycles. The fraction of sp³-hybridized carbons (Fsp3) is 0.854. The molecular weight excluding hydrogens is 618 g/mol. The predicted molar refractivity (Wildman–Crippen MR) is 188 cm³/mol. The molecule has 274 valence electrons. The number of allylic oxidation sites excluding steroid dienone is 1. The molecule has 5 fully saturated rings. The smallest absolute Gasteiger partial charge is 0.408 e. The number of carboxylic acid groups (broad SMARTS) is 1. The molecule has 8 nitrogen and oxygen atoms in total. The van der Waals surface area contributed by atoms with Crippen molar-refractivity contribution in [1.29, 1.82) is 0 Å². The molecule has 8 heteroatoms. The summed E-state index contributed by atoms with van der Waals surface area (Å²) in [5, 5.41) is 12.9. The fourth-order valence-electron chi connectivity index (χ4n) is 13.0. The van der Waals surface area contributed by atoms with Gasteiger partial charge in [-0.3, -0.25) is 14.4 Å². The van der Waals surface area contributed by atoms with Crippen molar-refractivity contribution in [3.05, 3.63) is 11.1 Å². The highest BCUT2D eigenvalue weighted by molar-refractivity contribution is 6.02. The van der Waals surface area contributed by atoms with E-state index in [1.54, 1.807) is 13.8 Å². The van der Waals surface area contributed by atoms with Crippen molar-refractivity contribution in [1.82, 2.24) is 5.32 Å². The van der Waals surface area contributed by atoms with Crippen LogP contribution in [0.15, 0.2) is 11.1 Å². The molecule has 5 saturated carbocycles. The van der Waals surface area contributed by atoms with Gasteiger partial charge in [0.2, 0.25) is 0 Å². The Morgan fingerprint density at radius 2 is 1.53 bits per heavy atom. The molecule has 1 amide bonds. The van der Waals surface area contributed by atoms with Crippen LogP contribution in [0, 0.1) is 50.7 Å². The van der Waals surface area contributed by atoms with Crippen molar-refractivity contribution >= 4 is 23.8 Å². The molecule has 3 unspecified atom stereocenters. The van der Waals surface area contributed by atoms with E-state index >= 15 is 0 Å². The van der Waals surface area contributed by atoms with E-state index in [9.17, 15) is 24.3 Å². The maximum atomic E-state index is 13.9. The molecule has 0 spiro atoms. The van der Waals surface area contributed by atoms with E-state index in [4.69, 9.17) is 9.47 Å². The summed E-state index contributed by atoms with van der Waals surface area (Å²) in [5.74, 6) is -0.0534. The van der Waals surface area contributed by atoms with Gasteiger partial charge in [0.15, 0.2) is 5.78 Å². The lowest BCUT2D eigenvalue weighted by Crippen LogP contribution is -2.67. The van der Waals surface area contributed by atoms with Crippen LogP contribution >= 0.6 is 0 Å². The third kappa shape index (κ3) is 5.59. The van der Waals surface area contributed by atoms with Crippen LogP contribution < -0.4 is 5.32 Å². The summed E-state index contributed by atoms with van der Waals surface area (Å²) in [4.78, 5) is 52.1. The number of carbonyl (C=O) groups is 4. The summed E-state index contributed by atoms with van der Waals surface area (Å²) in [7, 11) is 0. The molecule has 49 heavy (non-hydrogen) atoms. The van der Waals surface area contributed by atoms with E-state index in [2.05, 4.69) is 53.8 Å². The number of carboxylic acids is 1. The Labute approximate surface area is 294 Å². The van der Waals surface area contributed by atoms with E-state index in [0.29, 0.717) is 18.3 Å². The number of esters is 1. The normalized spacial score (nSPS) is 40.2. The molecule has 6 aliphatic rings. The Morgan fingerprint density at radius 3 is 2.16 bits per heavy atom. The summed E-state index contributed by atoms with van der Waals surface area (Å²) in [6, 6.07) is 0. The van der Waals surface area contributed by atoms with Gasteiger partial charge in [0.05, 0.1) is 17.4 Å². The fourth-order valence-corrected chi connectivity index (χ4v) is 13.0.